The predicted octanol–water partition coefficient (Wildman–Crippen LogP) is 4.37. The van der Waals surface area contributed by atoms with E-state index in [0.717, 1.165) is 24.0 Å². The van der Waals surface area contributed by atoms with E-state index in [1.165, 1.54) is 6.92 Å². The highest BCUT2D eigenvalue weighted by Crippen LogP contribution is 2.57. The van der Waals surface area contributed by atoms with Crippen molar-refractivity contribution in [2.45, 2.75) is 45.4 Å². The second-order valence-electron chi connectivity index (χ2n) is 7.61. The van der Waals surface area contributed by atoms with Crippen LogP contribution in [0, 0.1) is 5.41 Å². The van der Waals surface area contributed by atoms with Crippen LogP contribution in [0.4, 0.5) is 0 Å². The molecule has 1 saturated carbocycles. The van der Waals surface area contributed by atoms with Crippen LogP contribution in [0.15, 0.2) is 72.5 Å². The molecule has 1 spiro atoms. The number of carbonyl (C=O) groups is 1. The summed E-state index contributed by atoms with van der Waals surface area (Å²) in [4.78, 5) is 11.2. The van der Waals surface area contributed by atoms with Crippen molar-refractivity contribution in [3.63, 3.8) is 0 Å². The Kier molecular flexibility index (Phi) is 5.97. The van der Waals surface area contributed by atoms with Gasteiger partial charge in [-0.15, -0.1) is 0 Å². The number of esters is 1. The first-order valence-electron chi connectivity index (χ1n) is 9.97. The maximum atomic E-state index is 11.2. The largest absolute Gasteiger partial charge is 0.465 e. The van der Waals surface area contributed by atoms with E-state index >= 15 is 0 Å². The highest BCUT2D eigenvalue weighted by Gasteiger charge is 2.59. The molecule has 1 heterocycles. The Hall–Kier alpha value is -2.63. The van der Waals surface area contributed by atoms with E-state index in [2.05, 4.69) is 0 Å². The molecular formula is C24H26O5. The van der Waals surface area contributed by atoms with Crippen LogP contribution < -0.4 is 0 Å². The normalized spacial score (nSPS) is 21.9. The Morgan fingerprint density at radius 1 is 0.931 bits per heavy atom. The van der Waals surface area contributed by atoms with E-state index in [0.29, 0.717) is 19.0 Å². The summed E-state index contributed by atoms with van der Waals surface area (Å²) in [6, 6.07) is 20.1. The van der Waals surface area contributed by atoms with Crippen LogP contribution in [0.2, 0.25) is 0 Å². The Morgan fingerprint density at radius 3 is 2.07 bits per heavy atom. The van der Waals surface area contributed by atoms with E-state index in [1.54, 1.807) is 0 Å². The van der Waals surface area contributed by atoms with Crippen molar-refractivity contribution in [1.82, 2.24) is 0 Å². The molecule has 5 heteroatoms. The summed E-state index contributed by atoms with van der Waals surface area (Å²) in [5, 5.41) is 0. The summed E-state index contributed by atoms with van der Waals surface area (Å²) in [5.74, 6) is 0.235. The Labute approximate surface area is 171 Å². The molecule has 5 nitrogen and oxygen atoms in total. The fourth-order valence-corrected chi connectivity index (χ4v) is 3.60. The topological polar surface area (TPSA) is 54.0 Å². The molecule has 2 aromatic rings. The molecular weight excluding hydrogens is 368 g/mol. The van der Waals surface area contributed by atoms with Gasteiger partial charge in [0.25, 0.3) is 0 Å². The first-order valence-corrected chi connectivity index (χ1v) is 9.97. The summed E-state index contributed by atoms with van der Waals surface area (Å²) in [7, 11) is 0. The van der Waals surface area contributed by atoms with Crippen LogP contribution in [0.3, 0.4) is 0 Å². The summed E-state index contributed by atoms with van der Waals surface area (Å²) in [6.07, 6.45) is 3.31. The van der Waals surface area contributed by atoms with Crippen LogP contribution in [0.5, 0.6) is 0 Å². The minimum atomic E-state index is -0.431. The predicted molar refractivity (Wildman–Crippen MR) is 108 cm³/mol. The quantitative estimate of drug-likeness (QED) is 0.622. The molecule has 152 valence electrons. The number of rotatable bonds is 8. The third kappa shape index (κ3) is 4.86. The molecule has 2 atom stereocenters. The summed E-state index contributed by atoms with van der Waals surface area (Å²) >= 11 is 0. The molecule has 0 aromatic heterocycles. The minimum absolute atomic E-state index is 0.0851. The highest BCUT2D eigenvalue weighted by molar-refractivity contribution is 5.66. The van der Waals surface area contributed by atoms with Gasteiger partial charge in [-0.2, -0.15) is 0 Å². The van der Waals surface area contributed by atoms with Crippen LogP contribution >= 0.6 is 0 Å². The van der Waals surface area contributed by atoms with Crippen LogP contribution in [0.1, 0.15) is 30.9 Å². The molecule has 0 saturated heterocycles. The maximum absolute atomic E-state index is 11.2. The van der Waals surface area contributed by atoms with Crippen molar-refractivity contribution in [1.29, 1.82) is 0 Å². The van der Waals surface area contributed by atoms with Gasteiger partial charge in [-0.3, -0.25) is 4.79 Å². The van der Waals surface area contributed by atoms with Gasteiger partial charge in [0.1, 0.15) is 12.4 Å². The maximum Gasteiger partial charge on any atom is 0.303 e. The molecule has 0 unspecified atom stereocenters. The van der Waals surface area contributed by atoms with Gasteiger partial charge in [0.15, 0.2) is 0 Å². The van der Waals surface area contributed by atoms with Gasteiger partial charge in [0.2, 0.25) is 6.29 Å². The van der Waals surface area contributed by atoms with Gasteiger partial charge < -0.3 is 18.9 Å². The lowest BCUT2D eigenvalue weighted by atomic mass is 9.94. The first-order chi connectivity index (χ1) is 14.2. The minimum Gasteiger partial charge on any atom is -0.465 e. The fraction of sp³-hybridized carbons (Fsp3) is 0.375. The lowest BCUT2D eigenvalue weighted by Gasteiger charge is -2.37. The molecule has 0 N–H and O–H groups in total. The van der Waals surface area contributed by atoms with Crippen molar-refractivity contribution in [2.75, 3.05) is 6.61 Å². The highest BCUT2D eigenvalue weighted by atomic mass is 16.7. The zero-order chi connectivity index (χ0) is 20.1. The second-order valence-corrected chi connectivity index (χ2v) is 7.61. The van der Waals surface area contributed by atoms with E-state index < -0.39 is 6.29 Å². The SMILES string of the molecule is CC(=O)OCC1=C[C@@H](OCc2ccccc2)C2(CC2)[C@@H](OCc2ccccc2)O1. The van der Waals surface area contributed by atoms with Gasteiger partial charge in [0.05, 0.1) is 24.7 Å². The van der Waals surface area contributed by atoms with Crippen molar-refractivity contribution in [3.8, 4) is 0 Å². The third-order valence-corrected chi connectivity index (χ3v) is 5.39. The zero-order valence-corrected chi connectivity index (χ0v) is 16.6. The molecule has 1 fully saturated rings. The number of hydrogen-bond donors (Lipinski definition) is 0. The number of ether oxygens (including phenoxy) is 4. The Bertz CT molecular complexity index is 842. The molecule has 2 aliphatic rings. The summed E-state index contributed by atoms with van der Waals surface area (Å²) < 4.78 is 23.7. The molecule has 0 amide bonds. The Morgan fingerprint density at radius 2 is 1.52 bits per heavy atom. The van der Waals surface area contributed by atoms with Gasteiger partial charge in [0, 0.05) is 6.92 Å². The Balaban J connectivity index is 1.48. The summed E-state index contributed by atoms with van der Waals surface area (Å²) in [5.41, 5.74) is 2.01. The van der Waals surface area contributed by atoms with E-state index in [1.807, 2.05) is 66.7 Å². The van der Waals surface area contributed by atoms with Crippen LogP contribution in [0.25, 0.3) is 0 Å². The molecule has 29 heavy (non-hydrogen) atoms. The first kappa shape index (κ1) is 19.7. The van der Waals surface area contributed by atoms with Crippen molar-refractivity contribution in [3.05, 3.63) is 83.6 Å². The van der Waals surface area contributed by atoms with Crippen molar-refractivity contribution >= 4 is 5.97 Å². The van der Waals surface area contributed by atoms with Gasteiger partial charge in [-0.05, 0) is 30.0 Å². The lowest BCUT2D eigenvalue weighted by Crippen LogP contribution is -2.42. The molecule has 0 bridgehead atoms. The zero-order valence-electron chi connectivity index (χ0n) is 16.6. The average Bonchev–Trinajstić information content (AvgIpc) is 3.54. The summed E-state index contributed by atoms with van der Waals surface area (Å²) in [6.45, 7) is 2.44. The van der Waals surface area contributed by atoms with Gasteiger partial charge in [-0.1, -0.05) is 60.7 Å². The van der Waals surface area contributed by atoms with Crippen molar-refractivity contribution in [2.24, 2.45) is 5.41 Å². The van der Waals surface area contributed by atoms with Crippen LogP contribution in [-0.4, -0.2) is 25.0 Å². The van der Waals surface area contributed by atoms with Crippen LogP contribution in [-0.2, 0) is 37.0 Å². The molecule has 2 aromatic carbocycles. The molecule has 4 rings (SSSR count). The second kappa shape index (κ2) is 8.80. The van der Waals surface area contributed by atoms with Gasteiger partial charge in [-0.25, -0.2) is 0 Å². The van der Waals surface area contributed by atoms with E-state index in [-0.39, 0.29) is 24.1 Å². The molecule has 1 aliphatic heterocycles. The molecule has 0 radical (unpaired) electrons. The monoisotopic (exact) mass is 394 g/mol. The molecule has 1 aliphatic carbocycles. The van der Waals surface area contributed by atoms with E-state index in [9.17, 15) is 4.79 Å². The third-order valence-electron chi connectivity index (χ3n) is 5.39. The fourth-order valence-electron chi connectivity index (χ4n) is 3.60. The van der Waals surface area contributed by atoms with Crippen molar-refractivity contribution < 1.29 is 23.7 Å². The van der Waals surface area contributed by atoms with Gasteiger partial charge >= 0.3 is 5.97 Å². The van der Waals surface area contributed by atoms with E-state index in [4.69, 9.17) is 18.9 Å². The standard InChI is InChI=1S/C24H26O5/c1-18(25)26-17-21-14-22(27-15-19-8-4-2-5-9-19)24(12-13-24)23(29-21)28-16-20-10-6-3-7-11-20/h2-11,14,22-23H,12-13,15-17H2,1H3/t22-,23+/m1/s1. The average molecular weight is 394 g/mol. The number of hydrogen-bond acceptors (Lipinski definition) is 5. The smallest absolute Gasteiger partial charge is 0.303 e. The lowest BCUT2D eigenvalue weighted by molar-refractivity contribution is -0.207. The number of benzene rings is 2. The number of carbonyl (C=O) groups excluding carboxylic acids is 1.